The van der Waals surface area contributed by atoms with E-state index >= 15 is 0 Å². The smallest absolute Gasteiger partial charge is 0.241 e. The molecule has 1 aliphatic carbocycles. The minimum Gasteiger partial charge on any atom is -0.382 e. The first kappa shape index (κ1) is 21.2. The Hall–Kier alpha value is -3.62. The highest BCUT2D eigenvalue weighted by Gasteiger charge is 2.28. The summed E-state index contributed by atoms with van der Waals surface area (Å²) >= 11 is 0. The van der Waals surface area contributed by atoms with Crippen molar-refractivity contribution in [3.63, 3.8) is 0 Å². The van der Waals surface area contributed by atoms with Gasteiger partial charge in [-0.2, -0.15) is 0 Å². The maximum atomic E-state index is 15.0. The van der Waals surface area contributed by atoms with Crippen molar-refractivity contribution < 1.29 is 12.8 Å². The van der Waals surface area contributed by atoms with Gasteiger partial charge in [0.05, 0.1) is 23.0 Å². The number of nitrogens with one attached hydrogen (secondary N) is 1. The van der Waals surface area contributed by atoms with Gasteiger partial charge in [0, 0.05) is 17.2 Å². The summed E-state index contributed by atoms with van der Waals surface area (Å²) in [6.45, 7) is 0. The lowest BCUT2D eigenvalue weighted by Gasteiger charge is -2.17. The van der Waals surface area contributed by atoms with Gasteiger partial charge < -0.3 is 5.73 Å². The number of aryl methyl sites for hydroxylation is 1. The Balaban J connectivity index is 1.49. The maximum Gasteiger partial charge on any atom is 0.241 e. The van der Waals surface area contributed by atoms with Gasteiger partial charge >= 0.3 is 0 Å². The minimum absolute atomic E-state index is 0.105. The van der Waals surface area contributed by atoms with Crippen molar-refractivity contribution in [2.24, 2.45) is 0 Å². The van der Waals surface area contributed by atoms with Gasteiger partial charge in [0.25, 0.3) is 0 Å². The van der Waals surface area contributed by atoms with Gasteiger partial charge in [0.15, 0.2) is 0 Å². The second kappa shape index (κ2) is 8.38. The number of rotatable bonds is 5. The molecule has 166 valence electrons. The van der Waals surface area contributed by atoms with E-state index in [1.165, 1.54) is 24.5 Å². The van der Waals surface area contributed by atoms with Crippen molar-refractivity contribution in [2.75, 3.05) is 5.73 Å². The molecule has 0 saturated carbocycles. The molecule has 6 nitrogen and oxygen atoms in total. The first-order valence-electron chi connectivity index (χ1n) is 10.5. The summed E-state index contributed by atoms with van der Waals surface area (Å²) in [5.41, 5.74) is 9.18. The van der Waals surface area contributed by atoms with Crippen LogP contribution in [-0.2, 0) is 16.4 Å². The van der Waals surface area contributed by atoms with Crippen molar-refractivity contribution >= 4 is 15.8 Å². The summed E-state index contributed by atoms with van der Waals surface area (Å²) in [5.74, 6) is -0.288. The number of benzene rings is 3. The van der Waals surface area contributed by atoms with Crippen LogP contribution in [0.4, 0.5) is 10.2 Å². The van der Waals surface area contributed by atoms with Crippen molar-refractivity contribution in [1.82, 2.24) is 14.7 Å². The molecule has 8 heteroatoms. The highest BCUT2D eigenvalue weighted by Crippen LogP contribution is 2.35. The number of fused-ring (bicyclic) bond motifs is 1. The number of nitrogen functional groups attached to an aromatic ring is 1. The summed E-state index contributed by atoms with van der Waals surface area (Å²) in [7, 11) is -3.85. The van der Waals surface area contributed by atoms with Crippen LogP contribution in [0.5, 0.6) is 0 Å². The Morgan fingerprint density at radius 3 is 2.52 bits per heavy atom. The molecule has 3 N–H and O–H groups in total. The molecule has 0 spiro atoms. The molecule has 0 fully saturated rings. The van der Waals surface area contributed by atoms with Gasteiger partial charge in [0.2, 0.25) is 10.0 Å². The van der Waals surface area contributed by atoms with Crippen LogP contribution in [0.2, 0.25) is 0 Å². The number of hydrogen-bond acceptors (Lipinski definition) is 5. The molecule has 1 aromatic heterocycles. The van der Waals surface area contributed by atoms with Crippen molar-refractivity contribution in [3.8, 4) is 22.4 Å². The molecule has 0 bridgehead atoms. The van der Waals surface area contributed by atoms with E-state index in [0.717, 1.165) is 17.5 Å². The summed E-state index contributed by atoms with van der Waals surface area (Å²) in [6, 6.07) is 18.7. The number of aromatic nitrogens is 2. The van der Waals surface area contributed by atoms with E-state index in [-0.39, 0.29) is 22.3 Å². The third kappa shape index (κ3) is 4.10. The van der Waals surface area contributed by atoms with Crippen LogP contribution in [0, 0.1) is 5.82 Å². The Labute approximate surface area is 191 Å². The molecule has 0 aliphatic heterocycles. The van der Waals surface area contributed by atoms with Crippen molar-refractivity contribution in [3.05, 3.63) is 96.1 Å². The topological polar surface area (TPSA) is 98.0 Å². The fourth-order valence-electron chi connectivity index (χ4n) is 4.24. The third-order valence-electron chi connectivity index (χ3n) is 5.83. The van der Waals surface area contributed by atoms with Crippen LogP contribution in [0.25, 0.3) is 22.4 Å². The SMILES string of the molecule is Nc1cnc(-c2ccc(-c3ccccc3S(=O)(=O)N[C@@H]3CCc4ccccc43)cc2F)cn1. The van der Waals surface area contributed by atoms with Crippen LogP contribution in [0.15, 0.2) is 84.0 Å². The fourth-order valence-corrected chi connectivity index (χ4v) is 5.72. The number of halogens is 1. The monoisotopic (exact) mass is 460 g/mol. The number of anilines is 1. The summed E-state index contributed by atoms with van der Waals surface area (Å²) in [5, 5.41) is 0. The van der Waals surface area contributed by atoms with E-state index in [0.29, 0.717) is 23.2 Å². The van der Waals surface area contributed by atoms with Crippen LogP contribution in [0.1, 0.15) is 23.6 Å². The normalized spacial score (nSPS) is 15.4. The Morgan fingerprint density at radius 2 is 1.73 bits per heavy atom. The predicted octanol–water partition coefficient (Wildman–Crippen LogP) is 4.50. The first-order valence-corrected chi connectivity index (χ1v) is 12.0. The molecule has 1 aliphatic rings. The Kier molecular flexibility index (Phi) is 5.39. The van der Waals surface area contributed by atoms with Gasteiger partial charge in [-0.15, -0.1) is 0 Å². The van der Waals surface area contributed by atoms with Crippen LogP contribution in [0.3, 0.4) is 0 Å². The van der Waals surface area contributed by atoms with E-state index in [2.05, 4.69) is 14.7 Å². The molecule has 1 heterocycles. The molecule has 5 rings (SSSR count). The molecule has 0 radical (unpaired) electrons. The molecule has 4 aromatic rings. The molecular weight excluding hydrogens is 439 g/mol. The second-order valence-corrected chi connectivity index (χ2v) is 9.61. The van der Waals surface area contributed by atoms with E-state index in [9.17, 15) is 12.8 Å². The lowest BCUT2D eigenvalue weighted by atomic mass is 10.0. The average molecular weight is 461 g/mol. The highest BCUT2D eigenvalue weighted by molar-refractivity contribution is 7.89. The largest absolute Gasteiger partial charge is 0.382 e. The zero-order valence-corrected chi connectivity index (χ0v) is 18.4. The minimum atomic E-state index is -3.85. The van der Waals surface area contributed by atoms with Crippen LogP contribution in [-0.4, -0.2) is 18.4 Å². The van der Waals surface area contributed by atoms with Crippen LogP contribution < -0.4 is 10.5 Å². The molecule has 1 atom stereocenters. The number of nitrogens with two attached hydrogens (primary N) is 1. The lowest BCUT2D eigenvalue weighted by molar-refractivity contribution is 0.554. The summed E-state index contributed by atoms with van der Waals surface area (Å²) < 4.78 is 44.5. The van der Waals surface area contributed by atoms with E-state index in [4.69, 9.17) is 5.73 Å². The number of hydrogen-bond donors (Lipinski definition) is 2. The molecule has 0 amide bonds. The van der Waals surface area contributed by atoms with Gasteiger partial charge in [-0.3, -0.25) is 4.98 Å². The zero-order chi connectivity index (χ0) is 23.0. The van der Waals surface area contributed by atoms with Gasteiger partial charge in [-0.05, 0) is 47.7 Å². The molecule has 0 unspecified atom stereocenters. The summed E-state index contributed by atoms with van der Waals surface area (Å²) in [4.78, 5) is 8.17. The highest BCUT2D eigenvalue weighted by atomic mass is 32.2. The van der Waals surface area contributed by atoms with Gasteiger partial charge in [-0.25, -0.2) is 22.5 Å². The molecule has 3 aromatic carbocycles. The molecule has 33 heavy (non-hydrogen) atoms. The Bertz CT molecular complexity index is 1440. The zero-order valence-electron chi connectivity index (χ0n) is 17.6. The Morgan fingerprint density at radius 1 is 0.939 bits per heavy atom. The first-order chi connectivity index (χ1) is 15.9. The van der Waals surface area contributed by atoms with Gasteiger partial charge in [0.1, 0.15) is 11.6 Å². The maximum absolute atomic E-state index is 15.0. The number of nitrogens with zero attached hydrogens (tertiary/aromatic N) is 2. The second-order valence-electron chi connectivity index (χ2n) is 7.93. The predicted molar refractivity (Wildman–Crippen MR) is 125 cm³/mol. The third-order valence-corrected chi connectivity index (χ3v) is 7.36. The van der Waals surface area contributed by atoms with Crippen LogP contribution >= 0.6 is 0 Å². The quantitative estimate of drug-likeness (QED) is 0.457. The lowest BCUT2D eigenvalue weighted by Crippen LogP contribution is -2.27. The molecule has 0 saturated heterocycles. The van der Waals surface area contributed by atoms with E-state index in [1.807, 2.05) is 24.3 Å². The van der Waals surface area contributed by atoms with Crippen molar-refractivity contribution in [1.29, 1.82) is 0 Å². The average Bonchev–Trinajstić information content (AvgIpc) is 3.22. The van der Waals surface area contributed by atoms with E-state index in [1.54, 1.807) is 30.3 Å². The van der Waals surface area contributed by atoms with Gasteiger partial charge in [-0.1, -0.05) is 48.5 Å². The van der Waals surface area contributed by atoms with E-state index < -0.39 is 15.8 Å². The number of sulfonamides is 1. The molecular formula is C25H21FN4O2S. The fraction of sp³-hybridized carbons (Fsp3) is 0.120. The summed E-state index contributed by atoms with van der Waals surface area (Å²) in [6.07, 6.45) is 4.28. The van der Waals surface area contributed by atoms with Crippen molar-refractivity contribution in [2.45, 2.75) is 23.8 Å². The standard InChI is InChI=1S/C25H21FN4O2S/c26-21-13-17(9-11-20(21)23-14-29-25(27)15-28-23)19-7-3-4-8-24(19)33(31,32)30-22-12-10-16-5-1-2-6-18(16)22/h1-9,11,13-15,22,30H,10,12H2,(H2,27,29)/t22-/m1/s1.